The molecule has 0 unspecified atom stereocenters. The van der Waals surface area contributed by atoms with Gasteiger partial charge in [0.05, 0.1) is 0 Å². The second kappa shape index (κ2) is 6.90. The highest BCUT2D eigenvalue weighted by atomic mass is 127. The lowest BCUT2D eigenvalue weighted by Crippen LogP contribution is -2.34. The summed E-state index contributed by atoms with van der Waals surface area (Å²) < 4.78 is 14.1. The number of thiocarbonyl (C=S) groups is 1. The van der Waals surface area contributed by atoms with Crippen LogP contribution in [0.5, 0.6) is 0 Å². The van der Waals surface area contributed by atoms with E-state index in [-0.39, 0.29) is 10.7 Å². The fourth-order valence-electron chi connectivity index (χ4n) is 1.62. The monoisotopic (exact) mass is 415 g/mol. The van der Waals surface area contributed by atoms with Crippen LogP contribution < -0.4 is 10.6 Å². The van der Waals surface area contributed by atoms with E-state index in [1.807, 2.05) is 13.0 Å². The van der Waals surface area contributed by atoms with Crippen LogP contribution in [0.2, 0.25) is 0 Å². The number of hydrogen-bond donors (Lipinski definition) is 2. The molecule has 0 saturated carbocycles. The Labute approximate surface area is 140 Å². The molecule has 1 amide bonds. The Balaban J connectivity index is 2.03. The van der Waals surface area contributed by atoms with Crippen LogP contribution in [0.25, 0.3) is 0 Å². The molecule has 0 aliphatic rings. The second-order valence-corrected chi connectivity index (χ2v) is 5.89. The number of hydrogen-bond acceptors (Lipinski definition) is 3. The number of carbonyl (C=O) groups excluding carboxylic acids is 1. The van der Waals surface area contributed by atoms with Crippen molar-refractivity contribution in [1.29, 1.82) is 0 Å². The minimum atomic E-state index is -0.477. The summed E-state index contributed by atoms with van der Waals surface area (Å²) in [7, 11) is 0. The van der Waals surface area contributed by atoms with Gasteiger partial charge in [-0.15, -0.1) is 0 Å². The first kappa shape index (κ1) is 15.8. The molecule has 1 heterocycles. The molecule has 0 aliphatic heterocycles. The maximum Gasteiger partial charge on any atom is 0.257 e. The molecule has 1 aromatic carbocycles. The topological polar surface area (TPSA) is 54.0 Å². The van der Waals surface area contributed by atoms with Gasteiger partial charge in [0, 0.05) is 15.3 Å². The summed E-state index contributed by atoms with van der Waals surface area (Å²) in [5.74, 6) is -0.383. The average Bonchev–Trinajstić information content (AvgIpc) is 2.42. The van der Waals surface area contributed by atoms with Gasteiger partial charge in [0.2, 0.25) is 0 Å². The molecular weight excluding hydrogens is 404 g/mol. The van der Waals surface area contributed by atoms with Crippen molar-refractivity contribution in [2.75, 3.05) is 5.32 Å². The third-order valence-corrected chi connectivity index (χ3v) is 3.38. The highest BCUT2D eigenvalue weighted by Gasteiger charge is 2.10. The van der Waals surface area contributed by atoms with Gasteiger partial charge in [-0.2, -0.15) is 0 Å². The van der Waals surface area contributed by atoms with Gasteiger partial charge in [-0.1, -0.05) is 6.07 Å². The zero-order valence-corrected chi connectivity index (χ0v) is 14.0. The van der Waals surface area contributed by atoms with Crippen LogP contribution in [-0.4, -0.2) is 16.0 Å². The molecule has 7 heteroatoms. The number of nitrogens with zero attached hydrogens (tertiary/aromatic N) is 1. The Hall–Kier alpha value is -1.61. The summed E-state index contributed by atoms with van der Waals surface area (Å²) in [6.45, 7) is 1.88. The first-order valence-corrected chi connectivity index (χ1v) is 7.44. The number of aryl methyl sites for hydroxylation is 1. The van der Waals surface area contributed by atoms with E-state index in [2.05, 4.69) is 38.2 Å². The predicted molar refractivity (Wildman–Crippen MR) is 91.8 cm³/mol. The molecule has 0 aliphatic carbocycles. The van der Waals surface area contributed by atoms with E-state index in [1.54, 1.807) is 6.20 Å². The Morgan fingerprint density at radius 1 is 1.38 bits per heavy atom. The first-order valence-electron chi connectivity index (χ1n) is 5.96. The maximum atomic E-state index is 13.1. The minimum absolute atomic E-state index is 0.112. The van der Waals surface area contributed by atoms with Gasteiger partial charge in [-0.3, -0.25) is 10.1 Å². The molecule has 0 radical (unpaired) electrons. The molecule has 1 aromatic heterocycles. The van der Waals surface area contributed by atoms with Gasteiger partial charge < -0.3 is 5.32 Å². The molecule has 0 atom stereocenters. The Bertz CT molecular complexity index is 708. The van der Waals surface area contributed by atoms with Crippen molar-refractivity contribution in [2.45, 2.75) is 6.92 Å². The molecule has 108 valence electrons. The van der Waals surface area contributed by atoms with Gasteiger partial charge in [0.15, 0.2) is 5.11 Å². The molecule has 2 aromatic rings. The lowest BCUT2D eigenvalue weighted by atomic mass is 10.2. The van der Waals surface area contributed by atoms with Gasteiger partial charge >= 0.3 is 0 Å². The molecule has 0 spiro atoms. The number of anilines is 1. The van der Waals surface area contributed by atoms with E-state index in [4.69, 9.17) is 12.2 Å². The van der Waals surface area contributed by atoms with Crippen LogP contribution in [0.15, 0.2) is 36.5 Å². The zero-order chi connectivity index (χ0) is 15.4. The van der Waals surface area contributed by atoms with Gasteiger partial charge in [0.25, 0.3) is 5.91 Å². The Morgan fingerprint density at radius 3 is 2.81 bits per heavy atom. The summed E-state index contributed by atoms with van der Waals surface area (Å²) in [5, 5.41) is 5.44. The summed E-state index contributed by atoms with van der Waals surface area (Å²) in [6, 6.07) is 7.33. The number of halogens is 2. The van der Waals surface area contributed by atoms with Crippen molar-refractivity contribution in [3.05, 3.63) is 57.0 Å². The third kappa shape index (κ3) is 4.43. The van der Waals surface area contributed by atoms with Crippen molar-refractivity contribution in [1.82, 2.24) is 10.3 Å². The van der Waals surface area contributed by atoms with E-state index in [0.29, 0.717) is 5.82 Å². The summed E-state index contributed by atoms with van der Waals surface area (Å²) in [5.41, 5.74) is 1.11. The largest absolute Gasteiger partial charge is 0.317 e. The first-order chi connectivity index (χ1) is 9.95. The maximum absolute atomic E-state index is 13.1. The quantitative estimate of drug-likeness (QED) is 0.584. The van der Waals surface area contributed by atoms with Crippen molar-refractivity contribution in [2.24, 2.45) is 0 Å². The molecule has 4 nitrogen and oxygen atoms in total. The summed E-state index contributed by atoms with van der Waals surface area (Å²) in [6.07, 6.45) is 1.69. The molecule has 0 fully saturated rings. The highest BCUT2D eigenvalue weighted by Crippen LogP contribution is 2.14. The van der Waals surface area contributed by atoms with E-state index in [1.165, 1.54) is 18.2 Å². The highest BCUT2D eigenvalue weighted by molar-refractivity contribution is 14.1. The summed E-state index contributed by atoms with van der Waals surface area (Å²) >= 11 is 7.22. The van der Waals surface area contributed by atoms with E-state index >= 15 is 0 Å². The Kier molecular flexibility index (Phi) is 5.18. The standard InChI is InChI=1S/C14H11FIN3OS/c1-8-5-11(16)7-17-12(8)18-14(21)19-13(20)9-3-2-4-10(15)6-9/h2-7H,1H3,(H2,17,18,19,20,21). The average molecular weight is 415 g/mol. The number of pyridine rings is 1. The van der Waals surface area contributed by atoms with Crippen molar-refractivity contribution in [3.63, 3.8) is 0 Å². The van der Waals surface area contributed by atoms with Crippen molar-refractivity contribution in [3.8, 4) is 0 Å². The van der Waals surface area contributed by atoms with Gasteiger partial charge in [-0.05, 0) is 71.6 Å². The lowest BCUT2D eigenvalue weighted by molar-refractivity contribution is 0.0977. The lowest BCUT2D eigenvalue weighted by Gasteiger charge is -2.11. The third-order valence-electron chi connectivity index (χ3n) is 2.59. The number of amides is 1. The van der Waals surface area contributed by atoms with Crippen LogP contribution in [0.3, 0.4) is 0 Å². The van der Waals surface area contributed by atoms with Gasteiger partial charge in [-0.25, -0.2) is 9.37 Å². The van der Waals surface area contributed by atoms with Crippen LogP contribution in [0.1, 0.15) is 15.9 Å². The van der Waals surface area contributed by atoms with E-state index in [9.17, 15) is 9.18 Å². The van der Waals surface area contributed by atoms with Crippen LogP contribution in [0, 0.1) is 16.3 Å². The number of carbonyl (C=O) groups is 1. The smallest absolute Gasteiger partial charge is 0.257 e. The normalized spacial score (nSPS) is 10.0. The molecule has 0 saturated heterocycles. The van der Waals surface area contributed by atoms with Crippen LogP contribution in [0.4, 0.5) is 10.2 Å². The minimum Gasteiger partial charge on any atom is -0.317 e. The fraction of sp³-hybridized carbons (Fsp3) is 0.0714. The molecule has 0 bridgehead atoms. The van der Waals surface area contributed by atoms with Crippen molar-refractivity contribution < 1.29 is 9.18 Å². The Morgan fingerprint density at radius 2 is 2.14 bits per heavy atom. The SMILES string of the molecule is Cc1cc(I)cnc1NC(=S)NC(=O)c1cccc(F)c1. The number of benzene rings is 1. The molecule has 21 heavy (non-hydrogen) atoms. The summed E-state index contributed by atoms with van der Waals surface area (Å²) in [4.78, 5) is 16.1. The van der Waals surface area contributed by atoms with E-state index in [0.717, 1.165) is 15.2 Å². The van der Waals surface area contributed by atoms with Crippen LogP contribution >= 0.6 is 34.8 Å². The number of nitrogens with one attached hydrogen (secondary N) is 2. The van der Waals surface area contributed by atoms with Crippen molar-refractivity contribution >= 4 is 51.6 Å². The molecule has 2 N–H and O–H groups in total. The van der Waals surface area contributed by atoms with E-state index < -0.39 is 11.7 Å². The fourth-order valence-corrected chi connectivity index (χ4v) is 2.41. The molecule has 2 rings (SSSR count). The number of aromatic nitrogens is 1. The second-order valence-electron chi connectivity index (χ2n) is 4.24. The number of rotatable bonds is 2. The van der Waals surface area contributed by atoms with Gasteiger partial charge in [0.1, 0.15) is 11.6 Å². The molecular formula is C14H11FIN3OS. The van der Waals surface area contributed by atoms with Crippen LogP contribution in [-0.2, 0) is 0 Å². The predicted octanol–water partition coefficient (Wildman–Crippen LogP) is 3.26. The zero-order valence-electron chi connectivity index (χ0n) is 11.0.